The lowest BCUT2D eigenvalue weighted by Gasteiger charge is -2.14. The first-order valence-corrected chi connectivity index (χ1v) is 5.99. The normalized spacial score (nSPS) is 13.0. The summed E-state index contributed by atoms with van der Waals surface area (Å²) in [6.45, 7) is 12.3. The third-order valence-corrected chi connectivity index (χ3v) is 2.32. The van der Waals surface area contributed by atoms with Crippen LogP contribution in [-0.2, 0) is 0 Å². The van der Waals surface area contributed by atoms with Gasteiger partial charge in [0.25, 0.3) is 0 Å². The molecule has 0 spiro atoms. The van der Waals surface area contributed by atoms with E-state index >= 15 is 0 Å². The van der Waals surface area contributed by atoms with Crippen LogP contribution in [-0.4, -0.2) is 12.2 Å². The Labute approximate surface area is 81.7 Å². The predicted molar refractivity (Wildman–Crippen MR) is 64.7 cm³/mol. The minimum atomic E-state index is 0.396. The predicted octanol–water partition coefficient (Wildman–Crippen LogP) is 3.29. The molecule has 0 fully saturated rings. The molecule has 3 unspecified atom stereocenters. The average molecular weight is 193 g/mol. The summed E-state index contributed by atoms with van der Waals surface area (Å²) in [5.41, 5.74) is 5.71. The minimum absolute atomic E-state index is 0.396. The van der Waals surface area contributed by atoms with Crippen molar-refractivity contribution in [2.45, 2.75) is 54.0 Å². The Bertz CT molecular complexity index is 49.8. The molecule has 0 saturated carbocycles. The summed E-state index contributed by atoms with van der Waals surface area (Å²) in [6.07, 6.45) is 2.21. The number of rotatable bonds is 3. The van der Waals surface area contributed by atoms with E-state index in [0.717, 1.165) is 12.6 Å². The standard InChI is InChI=1S/C6H16NP.2C2H6/c1-3-6(7)5(2)4-8;2*1-2/h5-6H,3-4,7-8H2,1-2H3;2*1-2H3. The molecule has 0 aliphatic rings. The van der Waals surface area contributed by atoms with Crippen molar-refractivity contribution in [2.24, 2.45) is 11.7 Å². The zero-order chi connectivity index (χ0) is 10.6. The maximum Gasteiger partial charge on any atom is 0.00650 e. The third kappa shape index (κ3) is 13.0. The highest BCUT2D eigenvalue weighted by Gasteiger charge is 2.06. The smallest absolute Gasteiger partial charge is 0.00650 e. The Kier molecular flexibility index (Phi) is 26.5. The molecule has 0 aromatic heterocycles. The lowest BCUT2D eigenvalue weighted by Crippen LogP contribution is -2.27. The van der Waals surface area contributed by atoms with Gasteiger partial charge in [-0.1, -0.05) is 41.5 Å². The molecule has 0 amide bonds. The first-order valence-electron chi connectivity index (χ1n) is 5.18. The summed E-state index contributed by atoms with van der Waals surface area (Å²) < 4.78 is 0. The third-order valence-electron chi connectivity index (χ3n) is 1.57. The SMILES string of the molecule is CC.CC.CCC(N)C(C)CP. The Morgan fingerprint density at radius 1 is 1.17 bits per heavy atom. The van der Waals surface area contributed by atoms with Gasteiger partial charge in [0.15, 0.2) is 0 Å². The summed E-state index contributed by atoms with van der Waals surface area (Å²) >= 11 is 0. The highest BCUT2D eigenvalue weighted by Crippen LogP contribution is 2.06. The van der Waals surface area contributed by atoms with Crippen LogP contribution in [0.15, 0.2) is 0 Å². The molecule has 2 N–H and O–H groups in total. The minimum Gasteiger partial charge on any atom is -0.327 e. The lowest BCUT2D eigenvalue weighted by atomic mass is 10.0. The number of nitrogens with two attached hydrogens (primary N) is 1. The van der Waals surface area contributed by atoms with Crippen LogP contribution in [0, 0.1) is 5.92 Å². The van der Waals surface area contributed by atoms with E-state index in [9.17, 15) is 0 Å². The lowest BCUT2D eigenvalue weighted by molar-refractivity contribution is 0.488. The van der Waals surface area contributed by atoms with Gasteiger partial charge in [-0.15, -0.1) is 9.24 Å². The zero-order valence-electron chi connectivity index (χ0n) is 9.72. The molecule has 78 valence electrons. The van der Waals surface area contributed by atoms with Crippen LogP contribution in [0.25, 0.3) is 0 Å². The van der Waals surface area contributed by atoms with Gasteiger partial charge >= 0.3 is 0 Å². The van der Waals surface area contributed by atoms with Gasteiger partial charge in [-0.05, 0) is 18.5 Å². The van der Waals surface area contributed by atoms with Crippen LogP contribution >= 0.6 is 9.24 Å². The highest BCUT2D eigenvalue weighted by atomic mass is 31.0. The van der Waals surface area contributed by atoms with Gasteiger partial charge in [0.05, 0.1) is 0 Å². The van der Waals surface area contributed by atoms with E-state index in [-0.39, 0.29) is 0 Å². The van der Waals surface area contributed by atoms with E-state index < -0.39 is 0 Å². The van der Waals surface area contributed by atoms with Crippen LogP contribution < -0.4 is 5.73 Å². The first-order chi connectivity index (χ1) is 5.72. The van der Waals surface area contributed by atoms with E-state index in [1.807, 2.05) is 27.7 Å². The van der Waals surface area contributed by atoms with Crippen molar-refractivity contribution in [3.63, 3.8) is 0 Å². The molecule has 0 rings (SSSR count). The van der Waals surface area contributed by atoms with Crippen molar-refractivity contribution in [3.8, 4) is 0 Å². The fraction of sp³-hybridized carbons (Fsp3) is 1.00. The molecule has 12 heavy (non-hydrogen) atoms. The van der Waals surface area contributed by atoms with E-state index in [0.29, 0.717) is 12.0 Å². The van der Waals surface area contributed by atoms with Crippen LogP contribution in [0.1, 0.15) is 48.0 Å². The molecule has 0 heterocycles. The maximum atomic E-state index is 5.71. The molecular formula is C10H28NP. The van der Waals surface area contributed by atoms with E-state index in [1.165, 1.54) is 0 Å². The molecule has 3 atom stereocenters. The molecule has 1 nitrogen and oxygen atoms in total. The van der Waals surface area contributed by atoms with Crippen molar-refractivity contribution in [2.75, 3.05) is 6.16 Å². The van der Waals surface area contributed by atoms with E-state index in [4.69, 9.17) is 5.73 Å². The summed E-state index contributed by atoms with van der Waals surface area (Å²) in [7, 11) is 2.71. The van der Waals surface area contributed by atoms with Crippen molar-refractivity contribution >= 4 is 9.24 Å². The Morgan fingerprint density at radius 3 is 1.58 bits per heavy atom. The second kappa shape index (κ2) is 17.5. The zero-order valence-corrected chi connectivity index (χ0v) is 10.9. The van der Waals surface area contributed by atoms with Gasteiger partial charge in [0.1, 0.15) is 0 Å². The largest absolute Gasteiger partial charge is 0.327 e. The van der Waals surface area contributed by atoms with Crippen LogP contribution in [0.2, 0.25) is 0 Å². The molecule has 0 saturated heterocycles. The quantitative estimate of drug-likeness (QED) is 0.684. The molecular weight excluding hydrogens is 165 g/mol. The maximum absolute atomic E-state index is 5.71. The molecule has 2 heteroatoms. The molecule has 0 aromatic rings. The summed E-state index contributed by atoms with van der Waals surface area (Å²) in [5.74, 6) is 0.657. The second-order valence-corrected chi connectivity index (χ2v) is 2.76. The van der Waals surface area contributed by atoms with Gasteiger partial charge in [0, 0.05) is 6.04 Å². The molecule has 0 aromatic carbocycles. The fourth-order valence-corrected chi connectivity index (χ4v) is 0.927. The van der Waals surface area contributed by atoms with Crippen molar-refractivity contribution < 1.29 is 0 Å². The Balaban J connectivity index is -0.000000175. The van der Waals surface area contributed by atoms with Gasteiger partial charge in [-0.3, -0.25) is 0 Å². The highest BCUT2D eigenvalue weighted by molar-refractivity contribution is 7.16. The first kappa shape index (κ1) is 18.2. The van der Waals surface area contributed by atoms with Gasteiger partial charge in [-0.2, -0.15) is 0 Å². The molecule has 0 aliphatic heterocycles. The summed E-state index contributed by atoms with van der Waals surface area (Å²) in [4.78, 5) is 0. The van der Waals surface area contributed by atoms with Gasteiger partial charge in [-0.25, -0.2) is 0 Å². The van der Waals surface area contributed by atoms with Crippen molar-refractivity contribution in [3.05, 3.63) is 0 Å². The van der Waals surface area contributed by atoms with Crippen molar-refractivity contribution in [1.82, 2.24) is 0 Å². The van der Waals surface area contributed by atoms with Crippen LogP contribution in [0.5, 0.6) is 0 Å². The molecule has 0 aliphatic carbocycles. The fourth-order valence-electron chi connectivity index (χ4n) is 0.577. The van der Waals surface area contributed by atoms with E-state index in [2.05, 4.69) is 23.1 Å². The summed E-state index contributed by atoms with van der Waals surface area (Å²) in [6, 6.07) is 0.396. The number of hydrogen-bond donors (Lipinski definition) is 1. The monoisotopic (exact) mass is 193 g/mol. The topological polar surface area (TPSA) is 26.0 Å². The molecule has 0 bridgehead atoms. The summed E-state index contributed by atoms with van der Waals surface area (Å²) in [5, 5.41) is 0. The molecule has 0 radical (unpaired) electrons. The number of hydrogen-bond acceptors (Lipinski definition) is 1. The van der Waals surface area contributed by atoms with E-state index in [1.54, 1.807) is 0 Å². The van der Waals surface area contributed by atoms with Crippen LogP contribution in [0.3, 0.4) is 0 Å². The van der Waals surface area contributed by atoms with Crippen LogP contribution in [0.4, 0.5) is 0 Å². The Hall–Kier alpha value is 0.390. The second-order valence-electron chi connectivity index (χ2n) is 2.29. The Morgan fingerprint density at radius 2 is 1.50 bits per heavy atom. The van der Waals surface area contributed by atoms with Crippen molar-refractivity contribution in [1.29, 1.82) is 0 Å². The van der Waals surface area contributed by atoms with Gasteiger partial charge < -0.3 is 5.73 Å². The van der Waals surface area contributed by atoms with Gasteiger partial charge in [0.2, 0.25) is 0 Å². The average Bonchev–Trinajstić information content (AvgIpc) is 2.21.